The molecule has 53 heavy (non-hydrogen) atoms. The molecule has 8 aromatic carbocycles. The molecule has 8 aromatic rings. The van der Waals surface area contributed by atoms with Gasteiger partial charge in [-0.2, -0.15) is 0 Å². The quantitative estimate of drug-likeness (QED) is 0.177. The van der Waals surface area contributed by atoms with E-state index in [9.17, 15) is 0 Å². The van der Waals surface area contributed by atoms with Crippen molar-refractivity contribution < 1.29 is 0 Å². The monoisotopic (exact) mass is 690 g/mol. The SMILES string of the molecule is Cc1ccc2c3c1N(c1ccccc1)c1cc4c(cc1B3c1ccccc1N2c1ccccc1)-c1ccccc1[Si]4(c1ccccc1)c1ccccc1. The molecule has 0 bridgehead atoms. The second kappa shape index (κ2) is 11.6. The minimum Gasteiger partial charge on any atom is -0.311 e. The number of hydrogen-bond donors (Lipinski definition) is 0. The lowest BCUT2D eigenvalue weighted by Crippen LogP contribution is -2.73. The van der Waals surface area contributed by atoms with Crippen molar-refractivity contribution in [2.45, 2.75) is 6.92 Å². The van der Waals surface area contributed by atoms with E-state index in [0.717, 1.165) is 0 Å². The molecule has 0 N–H and O–H groups in total. The number of fused-ring (bicyclic) bond motifs is 7. The van der Waals surface area contributed by atoms with E-state index in [1.165, 1.54) is 87.9 Å². The van der Waals surface area contributed by atoms with Gasteiger partial charge in [-0.3, -0.25) is 0 Å². The molecule has 0 unspecified atom stereocenters. The summed E-state index contributed by atoms with van der Waals surface area (Å²) in [5.74, 6) is 0. The molecule has 0 aliphatic carbocycles. The Bertz CT molecular complexity index is 2660. The van der Waals surface area contributed by atoms with Crippen LogP contribution < -0.4 is 46.9 Å². The Morgan fingerprint density at radius 2 is 0.981 bits per heavy atom. The fourth-order valence-corrected chi connectivity index (χ4v) is 15.0. The lowest BCUT2D eigenvalue weighted by molar-refractivity contribution is 1.23. The predicted octanol–water partition coefficient (Wildman–Crippen LogP) is 7.44. The number of rotatable bonds is 4. The third kappa shape index (κ3) is 4.16. The van der Waals surface area contributed by atoms with Gasteiger partial charge < -0.3 is 9.80 Å². The molecule has 0 fully saturated rings. The van der Waals surface area contributed by atoms with Gasteiger partial charge in [0, 0.05) is 34.1 Å². The number of para-hydroxylation sites is 3. The van der Waals surface area contributed by atoms with Gasteiger partial charge in [-0.1, -0.05) is 152 Å². The van der Waals surface area contributed by atoms with Crippen LogP contribution in [-0.2, 0) is 0 Å². The Labute approximate surface area is 312 Å². The van der Waals surface area contributed by atoms with Crippen LogP contribution in [0.4, 0.5) is 34.1 Å². The van der Waals surface area contributed by atoms with Crippen LogP contribution in [0.15, 0.2) is 194 Å². The Balaban J connectivity index is 1.29. The van der Waals surface area contributed by atoms with E-state index in [1.54, 1.807) is 0 Å². The highest BCUT2D eigenvalue weighted by molar-refractivity contribution is 7.22. The predicted molar refractivity (Wildman–Crippen MR) is 228 cm³/mol. The van der Waals surface area contributed by atoms with Crippen LogP contribution in [0.2, 0.25) is 0 Å². The van der Waals surface area contributed by atoms with Gasteiger partial charge in [-0.05, 0) is 103 Å². The van der Waals surface area contributed by atoms with Gasteiger partial charge in [0.1, 0.15) is 0 Å². The Hall–Kier alpha value is -6.36. The highest BCUT2D eigenvalue weighted by Gasteiger charge is 2.51. The van der Waals surface area contributed by atoms with E-state index in [2.05, 4.69) is 211 Å². The molecule has 0 radical (unpaired) electrons. The van der Waals surface area contributed by atoms with Crippen molar-refractivity contribution in [1.29, 1.82) is 0 Å². The topological polar surface area (TPSA) is 6.48 Å². The smallest absolute Gasteiger partial charge is 0.252 e. The molecule has 3 heterocycles. The summed E-state index contributed by atoms with van der Waals surface area (Å²) in [6.07, 6.45) is 0. The van der Waals surface area contributed by atoms with Crippen LogP contribution in [0.25, 0.3) is 11.1 Å². The number of anilines is 6. The first-order valence-corrected chi connectivity index (χ1v) is 20.6. The number of hydrogen-bond acceptors (Lipinski definition) is 2. The van der Waals surface area contributed by atoms with Crippen LogP contribution in [0, 0.1) is 6.92 Å². The second-order valence-electron chi connectivity index (χ2n) is 14.5. The molecule has 0 aromatic heterocycles. The highest BCUT2D eigenvalue weighted by Crippen LogP contribution is 2.45. The zero-order chi connectivity index (χ0) is 35.1. The van der Waals surface area contributed by atoms with Crippen molar-refractivity contribution in [2.24, 2.45) is 0 Å². The van der Waals surface area contributed by atoms with E-state index in [4.69, 9.17) is 0 Å². The van der Waals surface area contributed by atoms with Gasteiger partial charge in [0.2, 0.25) is 0 Å². The fraction of sp³-hybridized carbons (Fsp3) is 0.0204. The number of benzene rings is 8. The molecule has 2 nitrogen and oxygen atoms in total. The van der Waals surface area contributed by atoms with E-state index in [0.29, 0.717) is 0 Å². The normalized spacial score (nSPS) is 14.2. The molecule has 0 saturated carbocycles. The Morgan fingerprint density at radius 3 is 1.66 bits per heavy atom. The average molecular weight is 691 g/mol. The molecular weight excluding hydrogens is 655 g/mol. The van der Waals surface area contributed by atoms with Crippen LogP contribution in [-0.4, -0.2) is 14.8 Å². The molecule has 0 atom stereocenters. The molecule has 4 heteroatoms. The fourth-order valence-electron chi connectivity index (χ4n) is 9.77. The summed E-state index contributed by atoms with van der Waals surface area (Å²) in [6.45, 7) is 2.35. The Morgan fingerprint density at radius 1 is 0.415 bits per heavy atom. The first-order chi connectivity index (χ1) is 26.2. The molecule has 0 amide bonds. The average Bonchev–Trinajstić information content (AvgIpc) is 3.52. The van der Waals surface area contributed by atoms with Crippen molar-refractivity contribution in [2.75, 3.05) is 9.80 Å². The van der Waals surface area contributed by atoms with E-state index >= 15 is 0 Å². The molecule has 11 rings (SSSR count). The zero-order valence-corrected chi connectivity index (χ0v) is 30.4. The van der Waals surface area contributed by atoms with E-state index in [1.807, 2.05) is 0 Å². The van der Waals surface area contributed by atoms with Crippen molar-refractivity contribution in [3.8, 4) is 11.1 Å². The summed E-state index contributed by atoms with van der Waals surface area (Å²) >= 11 is 0. The Kier molecular flexibility index (Phi) is 6.61. The van der Waals surface area contributed by atoms with Crippen molar-refractivity contribution in [3.05, 3.63) is 200 Å². The largest absolute Gasteiger partial charge is 0.311 e. The minimum atomic E-state index is -2.71. The van der Waals surface area contributed by atoms with Crippen LogP contribution in [0.5, 0.6) is 0 Å². The maximum absolute atomic E-state index is 2.71. The molecule has 0 spiro atoms. The molecule has 0 saturated heterocycles. The summed E-state index contributed by atoms with van der Waals surface area (Å²) < 4.78 is 0. The van der Waals surface area contributed by atoms with Gasteiger partial charge in [0.25, 0.3) is 6.71 Å². The summed E-state index contributed by atoms with van der Waals surface area (Å²) in [5, 5.41) is 5.76. The van der Waals surface area contributed by atoms with Crippen LogP contribution in [0.1, 0.15) is 5.56 Å². The molecular formula is C49H35BN2Si. The standard InChI is InChI=1S/C49H35BN2Si/c1-34-30-31-44-48-49(34)52(36-20-8-3-9-21-36)45-33-47-40(32-42(45)50(48)41-27-15-16-28-43(41)51(44)35-18-6-2-7-19-35)39-26-14-17-29-46(39)53(47,37-22-10-4-11-23-37)38-24-12-5-13-25-38/h2-33H,1H3. The molecule has 3 aliphatic heterocycles. The maximum Gasteiger partial charge on any atom is 0.252 e. The van der Waals surface area contributed by atoms with Crippen LogP contribution >= 0.6 is 0 Å². The van der Waals surface area contributed by atoms with Crippen LogP contribution in [0.3, 0.4) is 0 Å². The summed E-state index contributed by atoms with van der Waals surface area (Å²) in [4.78, 5) is 5.05. The molecule has 3 aliphatic rings. The third-order valence-corrected chi connectivity index (χ3v) is 16.7. The summed E-state index contributed by atoms with van der Waals surface area (Å²) in [6, 6.07) is 72.8. The molecule has 248 valence electrons. The van der Waals surface area contributed by atoms with Crippen molar-refractivity contribution in [1.82, 2.24) is 0 Å². The van der Waals surface area contributed by atoms with Gasteiger partial charge in [0.15, 0.2) is 8.07 Å². The minimum absolute atomic E-state index is 0.0635. The third-order valence-electron chi connectivity index (χ3n) is 11.8. The van der Waals surface area contributed by atoms with Gasteiger partial charge in [-0.15, -0.1) is 0 Å². The van der Waals surface area contributed by atoms with Crippen molar-refractivity contribution >= 4 is 86.0 Å². The summed E-state index contributed by atoms with van der Waals surface area (Å²) in [5.41, 5.74) is 15.4. The summed E-state index contributed by atoms with van der Waals surface area (Å²) in [7, 11) is -2.71. The second-order valence-corrected chi connectivity index (χ2v) is 18.2. The number of nitrogens with zero attached hydrogens (tertiary/aromatic N) is 2. The van der Waals surface area contributed by atoms with Gasteiger partial charge >= 0.3 is 0 Å². The number of aryl methyl sites for hydroxylation is 1. The first-order valence-electron chi connectivity index (χ1n) is 18.6. The van der Waals surface area contributed by atoms with E-state index in [-0.39, 0.29) is 6.71 Å². The van der Waals surface area contributed by atoms with E-state index < -0.39 is 8.07 Å². The zero-order valence-electron chi connectivity index (χ0n) is 29.4. The lowest BCUT2D eigenvalue weighted by Gasteiger charge is -2.45. The first kappa shape index (κ1) is 30.3. The lowest BCUT2D eigenvalue weighted by atomic mass is 9.33. The van der Waals surface area contributed by atoms with Gasteiger partial charge in [0.05, 0.1) is 0 Å². The highest BCUT2D eigenvalue weighted by atomic mass is 28.3. The van der Waals surface area contributed by atoms with Gasteiger partial charge in [-0.25, -0.2) is 0 Å². The van der Waals surface area contributed by atoms with Crippen molar-refractivity contribution in [3.63, 3.8) is 0 Å². The maximum atomic E-state index is 2.62.